The highest BCUT2D eigenvalue weighted by atomic mass is 16.6. The van der Waals surface area contributed by atoms with Gasteiger partial charge in [-0.2, -0.15) is 0 Å². The number of benzene rings is 1. The molecule has 1 fully saturated rings. The first-order chi connectivity index (χ1) is 12.6. The zero-order chi connectivity index (χ0) is 20.0. The summed E-state index contributed by atoms with van der Waals surface area (Å²) in [4.78, 5) is 36.2. The third-order valence-corrected chi connectivity index (χ3v) is 4.14. The molecule has 0 bridgehead atoms. The van der Waals surface area contributed by atoms with E-state index in [0.29, 0.717) is 37.2 Å². The van der Waals surface area contributed by atoms with E-state index in [1.807, 2.05) is 20.8 Å². The number of Topliss-reactive ketones (excluding diaryl/α,β-unsaturated/α-hetero) is 1. The second kappa shape index (κ2) is 8.88. The van der Waals surface area contributed by atoms with Crippen molar-refractivity contribution in [3.63, 3.8) is 0 Å². The van der Waals surface area contributed by atoms with Crippen molar-refractivity contribution in [2.45, 2.75) is 58.2 Å². The number of ether oxygens (including phenoxy) is 2. The van der Waals surface area contributed by atoms with Crippen molar-refractivity contribution < 1.29 is 29.0 Å². The monoisotopic (exact) mass is 377 g/mol. The molecular weight excluding hydrogens is 350 g/mol. The number of carboxylic acid groups (broad SMARTS) is 1. The lowest BCUT2D eigenvalue weighted by Gasteiger charge is -2.33. The minimum absolute atomic E-state index is 0.00255. The number of carbonyl (C=O) groups is 3. The number of hydrogen-bond acceptors (Lipinski definition) is 5. The molecule has 1 aromatic carbocycles. The molecule has 1 aromatic rings. The van der Waals surface area contributed by atoms with Gasteiger partial charge in [0, 0.05) is 37.9 Å². The lowest BCUT2D eigenvalue weighted by Crippen LogP contribution is -2.44. The summed E-state index contributed by atoms with van der Waals surface area (Å²) in [5.41, 5.74) is -0.0306. The number of piperidine rings is 1. The summed E-state index contributed by atoms with van der Waals surface area (Å²) in [6.07, 6.45) is 0.922. The Bertz CT molecular complexity index is 669. The number of rotatable bonds is 6. The Balaban J connectivity index is 1.81. The van der Waals surface area contributed by atoms with Crippen molar-refractivity contribution in [2.75, 3.05) is 13.1 Å². The number of likely N-dealkylation sites (tertiary alicyclic amines) is 1. The van der Waals surface area contributed by atoms with Crippen molar-refractivity contribution >= 4 is 17.8 Å². The van der Waals surface area contributed by atoms with Crippen LogP contribution >= 0.6 is 0 Å². The summed E-state index contributed by atoms with van der Waals surface area (Å²) in [5, 5.41) is 8.64. The molecule has 7 nitrogen and oxygen atoms in total. The first-order valence-electron chi connectivity index (χ1n) is 9.14. The lowest BCUT2D eigenvalue weighted by atomic mass is 10.1. The molecule has 0 spiro atoms. The highest BCUT2D eigenvalue weighted by Gasteiger charge is 2.27. The Morgan fingerprint density at radius 2 is 1.67 bits per heavy atom. The fourth-order valence-corrected chi connectivity index (χ4v) is 2.76. The maximum Gasteiger partial charge on any atom is 0.410 e. The molecule has 0 unspecified atom stereocenters. The van der Waals surface area contributed by atoms with E-state index >= 15 is 0 Å². The molecule has 1 saturated heterocycles. The van der Waals surface area contributed by atoms with Gasteiger partial charge in [-0.25, -0.2) is 4.79 Å². The Morgan fingerprint density at radius 1 is 1.07 bits per heavy atom. The van der Waals surface area contributed by atoms with Gasteiger partial charge in [0.2, 0.25) is 0 Å². The third kappa shape index (κ3) is 6.92. The first kappa shape index (κ1) is 20.7. The van der Waals surface area contributed by atoms with Gasteiger partial charge in [0.1, 0.15) is 17.5 Å². The summed E-state index contributed by atoms with van der Waals surface area (Å²) < 4.78 is 11.3. The van der Waals surface area contributed by atoms with E-state index in [9.17, 15) is 14.4 Å². The first-order valence-corrected chi connectivity index (χ1v) is 9.14. The fraction of sp³-hybridized carbons (Fsp3) is 0.550. The van der Waals surface area contributed by atoms with Crippen molar-refractivity contribution in [3.05, 3.63) is 29.8 Å². The van der Waals surface area contributed by atoms with E-state index in [1.165, 1.54) is 0 Å². The molecule has 2 rings (SSSR count). The van der Waals surface area contributed by atoms with Crippen molar-refractivity contribution in [1.82, 2.24) is 4.90 Å². The van der Waals surface area contributed by atoms with E-state index in [1.54, 1.807) is 29.2 Å². The van der Waals surface area contributed by atoms with Gasteiger partial charge in [0.25, 0.3) is 0 Å². The summed E-state index contributed by atoms with van der Waals surface area (Å²) in [6, 6.07) is 6.73. The molecule has 1 N–H and O–H groups in total. The standard InChI is InChI=1S/C20H27NO6/c1-20(2,3)27-19(25)21-12-10-16(11-13-21)26-15-6-4-14(5-7-15)17(22)8-9-18(23)24/h4-7,16H,8-13H2,1-3H3,(H,23,24). The third-order valence-electron chi connectivity index (χ3n) is 4.14. The molecule has 0 atom stereocenters. The van der Waals surface area contributed by atoms with Crippen LogP contribution in [0.15, 0.2) is 24.3 Å². The van der Waals surface area contributed by atoms with E-state index < -0.39 is 11.6 Å². The molecule has 0 saturated carbocycles. The second-order valence-corrected chi connectivity index (χ2v) is 7.63. The van der Waals surface area contributed by atoms with Crippen LogP contribution in [0, 0.1) is 0 Å². The molecule has 27 heavy (non-hydrogen) atoms. The molecule has 148 valence electrons. The maximum atomic E-state index is 12.1. The minimum atomic E-state index is -0.985. The number of nitrogens with zero attached hydrogens (tertiary/aromatic N) is 1. The van der Waals surface area contributed by atoms with Gasteiger partial charge in [-0.05, 0) is 45.0 Å². The highest BCUT2D eigenvalue weighted by Crippen LogP contribution is 2.21. The number of aliphatic carboxylic acids is 1. The van der Waals surface area contributed by atoms with Crippen LogP contribution in [-0.4, -0.2) is 52.6 Å². The van der Waals surface area contributed by atoms with Gasteiger partial charge >= 0.3 is 12.1 Å². The van der Waals surface area contributed by atoms with E-state index in [2.05, 4.69) is 0 Å². The molecule has 0 aromatic heterocycles. The minimum Gasteiger partial charge on any atom is -0.490 e. The SMILES string of the molecule is CC(C)(C)OC(=O)N1CCC(Oc2ccc(C(=O)CCC(=O)O)cc2)CC1. The lowest BCUT2D eigenvalue weighted by molar-refractivity contribution is -0.136. The Hall–Kier alpha value is -2.57. The number of hydrogen-bond donors (Lipinski definition) is 1. The van der Waals surface area contributed by atoms with Crippen LogP contribution in [0.4, 0.5) is 4.79 Å². The van der Waals surface area contributed by atoms with Crippen LogP contribution in [0.3, 0.4) is 0 Å². The smallest absolute Gasteiger partial charge is 0.410 e. The van der Waals surface area contributed by atoms with Gasteiger partial charge in [-0.1, -0.05) is 0 Å². The summed E-state index contributed by atoms with van der Waals surface area (Å²) in [7, 11) is 0. The van der Waals surface area contributed by atoms with Crippen molar-refractivity contribution in [3.8, 4) is 5.75 Å². The van der Waals surface area contributed by atoms with Gasteiger partial charge in [-0.3, -0.25) is 9.59 Å². The molecular formula is C20H27NO6. The van der Waals surface area contributed by atoms with E-state index in [0.717, 1.165) is 0 Å². The van der Waals surface area contributed by atoms with Crippen molar-refractivity contribution in [2.24, 2.45) is 0 Å². The van der Waals surface area contributed by atoms with Crippen LogP contribution < -0.4 is 4.74 Å². The zero-order valence-electron chi connectivity index (χ0n) is 16.1. The van der Waals surface area contributed by atoms with E-state index in [-0.39, 0.29) is 30.8 Å². The summed E-state index contributed by atoms with van der Waals surface area (Å²) >= 11 is 0. The quantitative estimate of drug-likeness (QED) is 0.763. The van der Waals surface area contributed by atoms with Crippen LogP contribution in [0.25, 0.3) is 0 Å². The Kier molecular flexibility index (Phi) is 6.82. The van der Waals surface area contributed by atoms with Gasteiger partial charge in [-0.15, -0.1) is 0 Å². The zero-order valence-corrected chi connectivity index (χ0v) is 16.1. The maximum absolute atomic E-state index is 12.1. The van der Waals surface area contributed by atoms with E-state index in [4.69, 9.17) is 14.6 Å². The number of ketones is 1. The van der Waals surface area contributed by atoms with Gasteiger partial charge in [0.05, 0.1) is 6.42 Å². The molecule has 0 radical (unpaired) electrons. The Labute approximate surface area is 159 Å². The highest BCUT2D eigenvalue weighted by molar-refractivity contribution is 5.97. The molecule has 1 aliphatic heterocycles. The molecule has 0 aliphatic carbocycles. The molecule has 1 amide bonds. The fourth-order valence-electron chi connectivity index (χ4n) is 2.76. The van der Waals surface area contributed by atoms with Gasteiger partial charge < -0.3 is 19.5 Å². The average molecular weight is 377 g/mol. The molecule has 1 aliphatic rings. The number of carboxylic acids is 1. The Morgan fingerprint density at radius 3 is 2.19 bits per heavy atom. The van der Waals surface area contributed by atoms with Gasteiger partial charge in [0.15, 0.2) is 5.78 Å². The van der Waals surface area contributed by atoms with Crippen LogP contribution in [-0.2, 0) is 9.53 Å². The van der Waals surface area contributed by atoms with Crippen LogP contribution in [0.1, 0.15) is 56.8 Å². The second-order valence-electron chi connectivity index (χ2n) is 7.63. The molecule has 1 heterocycles. The predicted octanol–water partition coefficient (Wildman–Crippen LogP) is 3.51. The topological polar surface area (TPSA) is 93.1 Å². The van der Waals surface area contributed by atoms with Crippen LogP contribution in [0.2, 0.25) is 0 Å². The normalized spacial score (nSPS) is 15.3. The van der Waals surface area contributed by atoms with Crippen molar-refractivity contribution in [1.29, 1.82) is 0 Å². The number of carbonyl (C=O) groups excluding carboxylic acids is 2. The van der Waals surface area contributed by atoms with Crippen LogP contribution in [0.5, 0.6) is 5.75 Å². The average Bonchev–Trinajstić information content (AvgIpc) is 2.59. The number of amides is 1. The molecule has 7 heteroatoms. The summed E-state index contributed by atoms with van der Waals surface area (Å²) in [5.74, 6) is -0.531. The largest absolute Gasteiger partial charge is 0.490 e. The predicted molar refractivity (Wildman–Crippen MR) is 99.1 cm³/mol. The summed E-state index contributed by atoms with van der Waals surface area (Å²) in [6.45, 7) is 6.68.